The summed E-state index contributed by atoms with van der Waals surface area (Å²) in [6.07, 6.45) is 2.73. The van der Waals surface area contributed by atoms with Crippen LogP contribution < -0.4 is 5.73 Å². The Hall–Kier alpha value is -2.13. The Bertz CT molecular complexity index is 1060. The molecular weight excluding hydrogens is 489 g/mol. The molecule has 35 heavy (non-hydrogen) atoms. The van der Waals surface area contributed by atoms with Crippen molar-refractivity contribution < 1.29 is 13.9 Å². The molecule has 7 nitrogen and oxygen atoms in total. The molecule has 0 aliphatic rings. The zero-order chi connectivity index (χ0) is 26.3. The highest BCUT2D eigenvalue weighted by atomic mass is 35.5. The zero-order valence-corrected chi connectivity index (χ0v) is 23.2. The number of anilines is 1. The van der Waals surface area contributed by atoms with Crippen molar-refractivity contribution in [3.05, 3.63) is 23.2 Å². The lowest BCUT2D eigenvalue weighted by Gasteiger charge is -2.30. The predicted molar refractivity (Wildman–Crippen MR) is 143 cm³/mol. The molecule has 0 saturated carbocycles. The number of fused-ring (bicyclic) bond motifs is 1. The SMILES string of the molecule is C=C(CCC(CC)CN(CCC)C(=O)OC(C)(C)C)c1nc(Cl)c(F)c2nc(SCC)nc(N)c12. The molecule has 0 spiro atoms. The molecular formula is C25H37ClFN5O2S. The number of nitrogen functional groups attached to an aromatic ring is 1. The summed E-state index contributed by atoms with van der Waals surface area (Å²) in [5, 5.41) is 0.441. The van der Waals surface area contributed by atoms with Crippen LogP contribution in [0.3, 0.4) is 0 Å². The number of pyridine rings is 1. The van der Waals surface area contributed by atoms with E-state index in [1.807, 2.05) is 34.6 Å². The molecule has 2 heterocycles. The molecule has 0 bridgehead atoms. The average molecular weight is 526 g/mol. The quantitative estimate of drug-likeness (QED) is 0.192. The molecule has 2 N–H and O–H groups in total. The van der Waals surface area contributed by atoms with Gasteiger partial charge >= 0.3 is 6.09 Å². The van der Waals surface area contributed by atoms with Gasteiger partial charge in [0.2, 0.25) is 0 Å². The fraction of sp³-hybridized carbons (Fsp3) is 0.600. The maximum absolute atomic E-state index is 14.8. The number of hydrogen-bond acceptors (Lipinski definition) is 7. The van der Waals surface area contributed by atoms with Crippen LogP contribution in [-0.4, -0.2) is 50.4 Å². The van der Waals surface area contributed by atoms with Gasteiger partial charge in [0.05, 0.1) is 11.1 Å². The van der Waals surface area contributed by atoms with Gasteiger partial charge < -0.3 is 15.4 Å². The summed E-state index contributed by atoms with van der Waals surface area (Å²) >= 11 is 7.47. The van der Waals surface area contributed by atoms with Crippen LogP contribution in [0.1, 0.15) is 72.9 Å². The van der Waals surface area contributed by atoms with Crippen molar-refractivity contribution in [2.45, 2.75) is 78.0 Å². The minimum Gasteiger partial charge on any atom is -0.444 e. The van der Waals surface area contributed by atoms with E-state index < -0.39 is 11.4 Å². The van der Waals surface area contributed by atoms with Crippen LogP contribution in [0.2, 0.25) is 5.15 Å². The van der Waals surface area contributed by atoms with E-state index in [1.165, 1.54) is 11.8 Å². The Morgan fingerprint density at radius 2 is 1.94 bits per heavy atom. The van der Waals surface area contributed by atoms with E-state index in [0.717, 1.165) is 25.0 Å². The number of nitrogens with two attached hydrogens (primary N) is 1. The van der Waals surface area contributed by atoms with Crippen molar-refractivity contribution in [2.75, 3.05) is 24.6 Å². The fourth-order valence-electron chi connectivity index (χ4n) is 3.69. The predicted octanol–water partition coefficient (Wildman–Crippen LogP) is 6.98. The van der Waals surface area contributed by atoms with Crippen LogP contribution in [-0.2, 0) is 4.74 Å². The maximum Gasteiger partial charge on any atom is 0.410 e. The van der Waals surface area contributed by atoms with Gasteiger partial charge in [-0.05, 0) is 57.3 Å². The number of halogens is 2. The Morgan fingerprint density at radius 1 is 1.26 bits per heavy atom. The van der Waals surface area contributed by atoms with Crippen molar-refractivity contribution in [1.82, 2.24) is 19.9 Å². The van der Waals surface area contributed by atoms with Gasteiger partial charge in [-0.25, -0.2) is 24.1 Å². The number of hydrogen-bond donors (Lipinski definition) is 1. The van der Waals surface area contributed by atoms with Crippen LogP contribution in [0.5, 0.6) is 0 Å². The summed E-state index contributed by atoms with van der Waals surface area (Å²) in [6, 6.07) is 0. The molecule has 0 aliphatic heterocycles. The summed E-state index contributed by atoms with van der Waals surface area (Å²) < 4.78 is 20.4. The highest BCUT2D eigenvalue weighted by Crippen LogP contribution is 2.34. The van der Waals surface area contributed by atoms with Gasteiger partial charge in [-0.15, -0.1) is 0 Å². The smallest absolute Gasteiger partial charge is 0.410 e. The number of amides is 1. The number of ether oxygens (including phenoxy) is 1. The number of nitrogens with zero attached hydrogens (tertiary/aromatic N) is 4. The number of thioether (sulfide) groups is 1. The third-order valence-electron chi connectivity index (χ3n) is 5.42. The van der Waals surface area contributed by atoms with Crippen LogP contribution in [0.4, 0.5) is 15.0 Å². The lowest BCUT2D eigenvalue weighted by molar-refractivity contribution is 0.0216. The minimum absolute atomic E-state index is 0.0516. The second-order valence-electron chi connectivity index (χ2n) is 9.46. The minimum atomic E-state index is -0.718. The van der Waals surface area contributed by atoms with Crippen LogP contribution in [0.25, 0.3) is 16.5 Å². The summed E-state index contributed by atoms with van der Waals surface area (Å²) in [5.74, 6) is 0.372. The molecule has 0 radical (unpaired) electrons. The Morgan fingerprint density at radius 3 is 2.51 bits per heavy atom. The second kappa shape index (κ2) is 12.7. The van der Waals surface area contributed by atoms with Crippen molar-refractivity contribution in [3.8, 4) is 0 Å². The molecule has 2 aromatic heterocycles. The number of aromatic nitrogens is 3. The topological polar surface area (TPSA) is 94.2 Å². The molecule has 10 heteroatoms. The second-order valence-corrected chi connectivity index (χ2v) is 11.0. The van der Waals surface area contributed by atoms with Crippen molar-refractivity contribution in [1.29, 1.82) is 0 Å². The first kappa shape index (κ1) is 29.1. The molecule has 1 unspecified atom stereocenters. The first-order valence-corrected chi connectivity index (χ1v) is 13.4. The first-order valence-electron chi connectivity index (χ1n) is 12.0. The average Bonchev–Trinajstić information content (AvgIpc) is 2.77. The third kappa shape index (κ3) is 7.93. The lowest BCUT2D eigenvalue weighted by atomic mass is 9.94. The van der Waals surface area contributed by atoms with Crippen LogP contribution in [0, 0.1) is 11.7 Å². The number of allylic oxidation sites excluding steroid dienone is 1. The van der Waals surface area contributed by atoms with E-state index in [-0.39, 0.29) is 28.5 Å². The zero-order valence-electron chi connectivity index (χ0n) is 21.6. The lowest BCUT2D eigenvalue weighted by Crippen LogP contribution is -2.40. The van der Waals surface area contributed by atoms with Gasteiger partial charge in [-0.2, -0.15) is 0 Å². The Labute approximate surface area is 217 Å². The molecule has 1 atom stereocenters. The van der Waals surface area contributed by atoms with Gasteiger partial charge in [0.25, 0.3) is 0 Å². The van der Waals surface area contributed by atoms with Gasteiger partial charge in [-0.1, -0.05) is 57.1 Å². The van der Waals surface area contributed by atoms with E-state index in [4.69, 9.17) is 22.1 Å². The summed E-state index contributed by atoms with van der Waals surface area (Å²) in [4.78, 5) is 27.3. The van der Waals surface area contributed by atoms with Gasteiger partial charge in [0, 0.05) is 13.1 Å². The number of rotatable bonds is 11. The standard InChI is InChI=1S/C25H37ClFN5O2S/c1-8-13-32(24(33)34-25(5,6)7)14-16(9-2)12-11-15(4)19-17-20(18(27)21(26)29-19)30-23(35-10-3)31-22(17)28/h16H,4,8-14H2,1-3,5-7H3,(H2,28,30,31). The largest absolute Gasteiger partial charge is 0.444 e. The van der Waals surface area contributed by atoms with E-state index in [2.05, 4.69) is 28.5 Å². The van der Waals surface area contributed by atoms with Gasteiger partial charge in [0.15, 0.2) is 16.1 Å². The maximum atomic E-state index is 14.8. The van der Waals surface area contributed by atoms with E-state index in [0.29, 0.717) is 41.3 Å². The monoisotopic (exact) mass is 525 g/mol. The Balaban J connectivity index is 2.24. The molecule has 2 rings (SSSR count). The highest BCUT2D eigenvalue weighted by molar-refractivity contribution is 7.99. The van der Waals surface area contributed by atoms with Crippen molar-refractivity contribution in [3.63, 3.8) is 0 Å². The van der Waals surface area contributed by atoms with Gasteiger partial charge in [0.1, 0.15) is 16.9 Å². The molecule has 2 aromatic rings. The van der Waals surface area contributed by atoms with Crippen molar-refractivity contribution >= 4 is 51.7 Å². The Kier molecular flexibility index (Phi) is 10.6. The summed E-state index contributed by atoms with van der Waals surface area (Å²) in [5.41, 5.74) is 6.77. The number of carbonyl (C=O) groups excluding carboxylic acids is 1. The summed E-state index contributed by atoms with van der Waals surface area (Å²) in [6.45, 7) is 17.0. The van der Waals surface area contributed by atoms with E-state index >= 15 is 0 Å². The molecule has 0 aliphatic carbocycles. The molecule has 0 saturated heterocycles. The van der Waals surface area contributed by atoms with E-state index in [9.17, 15) is 9.18 Å². The highest BCUT2D eigenvalue weighted by Gasteiger charge is 2.25. The molecule has 0 aromatic carbocycles. The molecule has 0 fully saturated rings. The third-order valence-corrected chi connectivity index (χ3v) is 6.40. The van der Waals surface area contributed by atoms with E-state index in [1.54, 1.807) is 4.90 Å². The van der Waals surface area contributed by atoms with Crippen LogP contribution >= 0.6 is 23.4 Å². The number of carbonyl (C=O) groups is 1. The molecule has 1 amide bonds. The normalized spacial score (nSPS) is 12.6. The van der Waals surface area contributed by atoms with Crippen molar-refractivity contribution in [2.24, 2.45) is 5.92 Å². The fourth-order valence-corrected chi connectivity index (χ4v) is 4.44. The van der Waals surface area contributed by atoms with Gasteiger partial charge in [-0.3, -0.25) is 0 Å². The first-order chi connectivity index (χ1) is 16.4. The summed E-state index contributed by atoms with van der Waals surface area (Å²) in [7, 11) is 0. The van der Waals surface area contributed by atoms with Crippen LogP contribution in [0.15, 0.2) is 11.7 Å². The molecule has 194 valence electrons.